The van der Waals surface area contributed by atoms with Gasteiger partial charge in [-0.1, -0.05) is 12.1 Å². The van der Waals surface area contributed by atoms with Crippen molar-refractivity contribution in [2.45, 2.75) is 40.4 Å². The van der Waals surface area contributed by atoms with Gasteiger partial charge in [-0.25, -0.2) is 0 Å². The molecule has 21 heavy (non-hydrogen) atoms. The Morgan fingerprint density at radius 3 is 2.67 bits per heavy atom. The van der Waals surface area contributed by atoms with E-state index in [1.54, 1.807) is 13.0 Å². The number of amides is 1. The summed E-state index contributed by atoms with van der Waals surface area (Å²) in [5, 5.41) is 2.89. The van der Waals surface area contributed by atoms with Crippen LogP contribution < -0.4 is 5.32 Å². The van der Waals surface area contributed by atoms with E-state index in [2.05, 4.69) is 5.32 Å². The average Bonchev–Trinajstić information content (AvgIpc) is 2.76. The first kappa shape index (κ1) is 15.3. The number of furan rings is 1. The Labute approximate surface area is 125 Å². The van der Waals surface area contributed by atoms with Crippen LogP contribution in [0.5, 0.6) is 0 Å². The van der Waals surface area contributed by atoms with Gasteiger partial charge in [-0.15, -0.1) is 0 Å². The lowest BCUT2D eigenvalue weighted by atomic mass is 10.2. The van der Waals surface area contributed by atoms with Crippen LogP contribution in [0, 0.1) is 13.8 Å². The topological polar surface area (TPSA) is 51.5 Å². The van der Waals surface area contributed by atoms with Gasteiger partial charge in [0.2, 0.25) is 0 Å². The predicted molar refractivity (Wildman–Crippen MR) is 82.5 cm³/mol. The first-order chi connectivity index (χ1) is 9.95. The number of hydrogen-bond acceptors (Lipinski definition) is 3. The normalized spacial score (nSPS) is 10.9. The number of rotatable bonds is 5. The van der Waals surface area contributed by atoms with E-state index in [-0.39, 0.29) is 12.0 Å². The van der Waals surface area contributed by atoms with Crippen LogP contribution in [-0.2, 0) is 11.3 Å². The van der Waals surface area contributed by atoms with Crippen LogP contribution in [0.15, 0.2) is 34.7 Å². The summed E-state index contributed by atoms with van der Waals surface area (Å²) in [5.41, 5.74) is 2.35. The van der Waals surface area contributed by atoms with Gasteiger partial charge in [0.15, 0.2) is 0 Å². The van der Waals surface area contributed by atoms with E-state index < -0.39 is 0 Å². The van der Waals surface area contributed by atoms with E-state index in [1.165, 1.54) is 0 Å². The molecule has 0 saturated carbocycles. The van der Waals surface area contributed by atoms with Crippen molar-refractivity contribution in [3.05, 3.63) is 53.0 Å². The van der Waals surface area contributed by atoms with Gasteiger partial charge in [0.05, 0.1) is 18.3 Å². The maximum absolute atomic E-state index is 12.2. The maximum atomic E-state index is 12.2. The fourth-order valence-corrected chi connectivity index (χ4v) is 2.06. The summed E-state index contributed by atoms with van der Waals surface area (Å²) >= 11 is 0. The molecule has 4 heteroatoms. The van der Waals surface area contributed by atoms with Gasteiger partial charge in [0, 0.05) is 5.69 Å². The van der Waals surface area contributed by atoms with Crippen LogP contribution >= 0.6 is 0 Å². The fraction of sp³-hybridized carbons (Fsp3) is 0.353. The van der Waals surface area contributed by atoms with Gasteiger partial charge in [-0.2, -0.15) is 0 Å². The zero-order chi connectivity index (χ0) is 15.4. The van der Waals surface area contributed by atoms with Crippen molar-refractivity contribution in [3.8, 4) is 0 Å². The number of carbonyl (C=O) groups is 1. The largest absolute Gasteiger partial charge is 0.466 e. The molecule has 0 fully saturated rings. The van der Waals surface area contributed by atoms with Crippen LogP contribution in [-0.4, -0.2) is 12.0 Å². The Kier molecular flexibility index (Phi) is 4.81. The molecule has 1 N–H and O–H groups in total. The molecular formula is C17H21NO3. The van der Waals surface area contributed by atoms with Gasteiger partial charge in [-0.05, 0) is 51.5 Å². The monoisotopic (exact) mass is 287 g/mol. The zero-order valence-electron chi connectivity index (χ0n) is 12.9. The first-order valence-corrected chi connectivity index (χ1v) is 7.04. The van der Waals surface area contributed by atoms with Crippen molar-refractivity contribution in [3.63, 3.8) is 0 Å². The molecule has 0 aliphatic heterocycles. The van der Waals surface area contributed by atoms with Crippen molar-refractivity contribution < 1.29 is 13.9 Å². The Morgan fingerprint density at radius 2 is 2.05 bits per heavy atom. The number of carbonyl (C=O) groups excluding carboxylic acids is 1. The summed E-state index contributed by atoms with van der Waals surface area (Å²) in [7, 11) is 0. The van der Waals surface area contributed by atoms with Gasteiger partial charge in [-0.3, -0.25) is 4.79 Å². The smallest absolute Gasteiger partial charge is 0.259 e. The zero-order valence-corrected chi connectivity index (χ0v) is 12.9. The minimum atomic E-state index is -0.161. The van der Waals surface area contributed by atoms with E-state index in [9.17, 15) is 4.79 Å². The van der Waals surface area contributed by atoms with Gasteiger partial charge >= 0.3 is 0 Å². The number of nitrogens with one attached hydrogen (secondary N) is 1. The lowest BCUT2D eigenvalue weighted by Gasteiger charge is -2.09. The molecule has 2 rings (SSSR count). The third-order valence-corrected chi connectivity index (χ3v) is 3.05. The first-order valence-electron chi connectivity index (χ1n) is 7.04. The number of anilines is 1. The molecule has 0 atom stereocenters. The number of benzene rings is 1. The van der Waals surface area contributed by atoms with E-state index in [0.717, 1.165) is 17.0 Å². The van der Waals surface area contributed by atoms with Crippen molar-refractivity contribution in [2.24, 2.45) is 0 Å². The third-order valence-electron chi connectivity index (χ3n) is 3.05. The number of ether oxygens (including phenoxy) is 1. The fourth-order valence-electron chi connectivity index (χ4n) is 2.06. The molecule has 0 saturated heterocycles. The Morgan fingerprint density at radius 1 is 1.29 bits per heavy atom. The molecule has 0 aliphatic rings. The summed E-state index contributed by atoms with van der Waals surface area (Å²) in [6.07, 6.45) is 0.180. The molecular weight excluding hydrogens is 266 g/mol. The summed E-state index contributed by atoms with van der Waals surface area (Å²) in [4.78, 5) is 12.2. The van der Waals surface area contributed by atoms with Crippen LogP contribution in [0.25, 0.3) is 0 Å². The van der Waals surface area contributed by atoms with Gasteiger partial charge < -0.3 is 14.5 Å². The number of hydrogen-bond donors (Lipinski definition) is 1. The average molecular weight is 287 g/mol. The predicted octanol–water partition coefficient (Wildman–Crippen LogP) is 4.07. The van der Waals surface area contributed by atoms with E-state index in [4.69, 9.17) is 9.15 Å². The van der Waals surface area contributed by atoms with Gasteiger partial charge in [0.25, 0.3) is 5.91 Å². The molecule has 0 unspecified atom stereocenters. The standard InChI is InChI=1S/C17H21NO3/c1-11(2)20-10-14-6-5-7-15(9-14)18-17(19)16-8-12(3)21-13(16)4/h5-9,11H,10H2,1-4H3,(H,18,19). The number of aryl methyl sites for hydroxylation is 2. The summed E-state index contributed by atoms with van der Waals surface area (Å²) in [6, 6.07) is 9.41. The lowest BCUT2D eigenvalue weighted by Crippen LogP contribution is -2.12. The Balaban J connectivity index is 2.07. The molecule has 0 aliphatic carbocycles. The van der Waals surface area contributed by atoms with Crippen LogP contribution in [0.2, 0.25) is 0 Å². The second-order valence-electron chi connectivity index (χ2n) is 5.34. The highest BCUT2D eigenvalue weighted by Crippen LogP contribution is 2.17. The molecule has 1 aromatic carbocycles. The lowest BCUT2D eigenvalue weighted by molar-refractivity contribution is 0.0657. The van der Waals surface area contributed by atoms with Crippen molar-refractivity contribution in [2.75, 3.05) is 5.32 Å². The van der Waals surface area contributed by atoms with Crippen LogP contribution in [0.3, 0.4) is 0 Å². The SMILES string of the molecule is Cc1cc(C(=O)Nc2cccc(COC(C)C)c2)c(C)o1. The highest BCUT2D eigenvalue weighted by atomic mass is 16.5. The third kappa shape index (κ3) is 4.20. The van der Waals surface area contributed by atoms with Crippen molar-refractivity contribution in [1.29, 1.82) is 0 Å². The van der Waals surface area contributed by atoms with Crippen LogP contribution in [0.1, 0.15) is 41.3 Å². The van der Waals surface area contributed by atoms with E-state index in [1.807, 2.05) is 45.0 Å². The molecule has 1 amide bonds. The maximum Gasteiger partial charge on any atom is 0.259 e. The second kappa shape index (κ2) is 6.59. The summed E-state index contributed by atoms with van der Waals surface area (Å²) in [5.74, 6) is 1.20. The van der Waals surface area contributed by atoms with Crippen molar-refractivity contribution >= 4 is 11.6 Å². The molecule has 1 aromatic heterocycles. The summed E-state index contributed by atoms with van der Waals surface area (Å²) in [6.45, 7) is 8.14. The molecule has 0 bridgehead atoms. The Bertz CT molecular complexity index is 629. The minimum Gasteiger partial charge on any atom is -0.466 e. The van der Waals surface area contributed by atoms with Crippen LogP contribution in [0.4, 0.5) is 5.69 Å². The molecule has 4 nitrogen and oxygen atoms in total. The molecule has 2 aromatic rings. The second-order valence-corrected chi connectivity index (χ2v) is 5.34. The van der Waals surface area contributed by atoms with Crippen molar-refractivity contribution in [1.82, 2.24) is 0 Å². The quantitative estimate of drug-likeness (QED) is 0.901. The Hall–Kier alpha value is -2.07. The highest BCUT2D eigenvalue weighted by molar-refractivity contribution is 6.05. The summed E-state index contributed by atoms with van der Waals surface area (Å²) < 4.78 is 10.9. The molecule has 112 valence electrons. The van der Waals surface area contributed by atoms with Gasteiger partial charge in [0.1, 0.15) is 11.5 Å². The molecule has 0 radical (unpaired) electrons. The van der Waals surface area contributed by atoms with E-state index in [0.29, 0.717) is 17.9 Å². The molecule has 0 spiro atoms. The van der Waals surface area contributed by atoms with E-state index >= 15 is 0 Å². The molecule has 1 heterocycles. The highest BCUT2D eigenvalue weighted by Gasteiger charge is 2.13. The minimum absolute atomic E-state index is 0.161.